The van der Waals surface area contributed by atoms with Crippen molar-refractivity contribution < 1.29 is 19.1 Å². The normalized spacial score (nSPS) is 9.69. The molecule has 86 valence electrons. The van der Waals surface area contributed by atoms with E-state index in [0.717, 1.165) is 7.11 Å². The standard InChI is InChI=1S/C11H11ClO4/c1-15-10-4-3-8(12)5-7(10)6-9(13)11(14)16-2/h3-5H,6H2,1-2H3. The van der Waals surface area contributed by atoms with E-state index < -0.39 is 11.8 Å². The van der Waals surface area contributed by atoms with Crippen molar-refractivity contribution >= 4 is 23.4 Å². The number of ketones is 1. The molecule has 1 aromatic carbocycles. The number of esters is 1. The van der Waals surface area contributed by atoms with Gasteiger partial charge in [-0.15, -0.1) is 0 Å². The Morgan fingerprint density at radius 2 is 2.00 bits per heavy atom. The van der Waals surface area contributed by atoms with Crippen molar-refractivity contribution in [3.63, 3.8) is 0 Å². The SMILES string of the molecule is COC(=O)C(=O)Cc1cc(Cl)ccc1OC. The number of methoxy groups -OCH3 is 2. The van der Waals surface area contributed by atoms with Gasteiger partial charge in [0.25, 0.3) is 0 Å². The molecule has 1 aromatic rings. The maximum Gasteiger partial charge on any atom is 0.374 e. The van der Waals surface area contributed by atoms with Crippen LogP contribution in [-0.4, -0.2) is 26.0 Å². The largest absolute Gasteiger partial charge is 0.496 e. The molecular formula is C11H11ClO4. The first-order valence-corrected chi connectivity index (χ1v) is 4.90. The molecule has 1 rings (SSSR count). The Morgan fingerprint density at radius 1 is 1.31 bits per heavy atom. The molecule has 0 unspecified atom stereocenters. The van der Waals surface area contributed by atoms with Gasteiger partial charge in [0.05, 0.1) is 14.2 Å². The molecular weight excluding hydrogens is 232 g/mol. The van der Waals surface area contributed by atoms with Crippen LogP contribution in [0.1, 0.15) is 5.56 Å². The zero-order valence-corrected chi connectivity index (χ0v) is 9.71. The number of Topliss-reactive ketones (excluding diaryl/α,β-unsaturated/α-hetero) is 1. The van der Waals surface area contributed by atoms with Crippen molar-refractivity contribution in [2.75, 3.05) is 14.2 Å². The summed E-state index contributed by atoms with van der Waals surface area (Å²) in [6.07, 6.45) is -0.0869. The van der Waals surface area contributed by atoms with Gasteiger partial charge in [0.1, 0.15) is 5.75 Å². The zero-order chi connectivity index (χ0) is 12.1. The lowest BCUT2D eigenvalue weighted by atomic mass is 10.1. The molecule has 0 atom stereocenters. The van der Waals surface area contributed by atoms with Crippen LogP contribution in [-0.2, 0) is 20.7 Å². The highest BCUT2D eigenvalue weighted by Crippen LogP contribution is 2.23. The molecule has 0 fully saturated rings. The van der Waals surface area contributed by atoms with Crippen molar-refractivity contribution in [2.45, 2.75) is 6.42 Å². The van der Waals surface area contributed by atoms with Crippen LogP contribution in [0.4, 0.5) is 0 Å². The minimum absolute atomic E-state index is 0.0869. The fraction of sp³-hybridized carbons (Fsp3) is 0.273. The number of rotatable bonds is 4. The lowest BCUT2D eigenvalue weighted by Crippen LogP contribution is -2.18. The molecule has 4 nitrogen and oxygen atoms in total. The fourth-order valence-corrected chi connectivity index (χ4v) is 1.44. The molecule has 0 amide bonds. The predicted molar refractivity (Wildman–Crippen MR) is 58.7 cm³/mol. The molecule has 0 N–H and O–H groups in total. The Kier molecular flexibility index (Phi) is 4.31. The average molecular weight is 243 g/mol. The van der Waals surface area contributed by atoms with Crippen LogP contribution in [0.2, 0.25) is 5.02 Å². The molecule has 0 radical (unpaired) electrons. The van der Waals surface area contributed by atoms with E-state index in [-0.39, 0.29) is 6.42 Å². The van der Waals surface area contributed by atoms with Gasteiger partial charge in [0.2, 0.25) is 5.78 Å². The quantitative estimate of drug-likeness (QED) is 0.595. The van der Waals surface area contributed by atoms with Gasteiger partial charge in [-0.05, 0) is 18.2 Å². The summed E-state index contributed by atoms with van der Waals surface area (Å²) in [5, 5.41) is 0.480. The summed E-state index contributed by atoms with van der Waals surface area (Å²) in [4.78, 5) is 22.3. The molecule has 0 aromatic heterocycles. The van der Waals surface area contributed by atoms with Gasteiger partial charge in [-0.3, -0.25) is 4.79 Å². The van der Waals surface area contributed by atoms with Gasteiger partial charge in [0, 0.05) is 17.0 Å². The number of carbonyl (C=O) groups is 2. The topological polar surface area (TPSA) is 52.6 Å². The molecule has 0 bridgehead atoms. The minimum Gasteiger partial charge on any atom is -0.496 e. The Bertz CT molecular complexity index is 414. The fourth-order valence-electron chi connectivity index (χ4n) is 1.24. The molecule has 5 heteroatoms. The van der Waals surface area contributed by atoms with Gasteiger partial charge < -0.3 is 9.47 Å². The maximum atomic E-state index is 11.3. The molecule has 16 heavy (non-hydrogen) atoms. The van der Waals surface area contributed by atoms with E-state index in [2.05, 4.69) is 4.74 Å². The van der Waals surface area contributed by atoms with E-state index in [1.807, 2.05) is 0 Å². The van der Waals surface area contributed by atoms with Crippen molar-refractivity contribution in [2.24, 2.45) is 0 Å². The van der Waals surface area contributed by atoms with Crippen LogP contribution < -0.4 is 4.74 Å². The summed E-state index contributed by atoms with van der Waals surface area (Å²) >= 11 is 5.79. The highest BCUT2D eigenvalue weighted by molar-refractivity contribution is 6.34. The van der Waals surface area contributed by atoms with E-state index in [0.29, 0.717) is 16.3 Å². The Balaban J connectivity index is 2.91. The van der Waals surface area contributed by atoms with Crippen molar-refractivity contribution in [3.05, 3.63) is 28.8 Å². The summed E-state index contributed by atoms with van der Waals surface area (Å²) in [6, 6.07) is 4.87. The molecule has 0 spiro atoms. The maximum absolute atomic E-state index is 11.3. The average Bonchev–Trinajstić information content (AvgIpc) is 2.28. The first kappa shape index (κ1) is 12.5. The van der Waals surface area contributed by atoms with Gasteiger partial charge in [0.15, 0.2) is 0 Å². The van der Waals surface area contributed by atoms with Gasteiger partial charge in [-0.1, -0.05) is 11.6 Å². The highest BCUT2D eigenvalue weighted by Gasteiger charge is 2.17. The van der Waals surface area contributed by atoms with E-state index in [1.54, 1.807) is 18.2 Å². The zero-order valence-electron chi connectivity index (χ0n) is 8.95. The van der Waals surface area contributed by atoms with Crippen molar-refractivity contribution in [1.82, 2.24) is 0 Å². The van der Waals surface area contributed by atoms with Crippen LogP contribution >= 0.6 is 11.6 Å². The summed E-state index contributed by atoms with van der Waals surface area (Å²) in [5.41, 5.74) is 0.561. The molecule has 0 saturated heterocycles. The number of hydrogen-bond acceptors (Lipinski definition) is 4. The third-order valence-corrected chi connectivity index (χ3v) is 2.24. The number of benzene rings is 1. The summed E-state index contributed by atoms with van der Waals surface area (Å²) in [5.74, 6) is -0.994. The Morgan fingerprint density at radius 3 is 2.56 bits per heavy atom. The number of hydrogen-bond donors (Lipinski definition) is 0. The lowest BCUT2D eigenvalue weighted by molar-refractivity contribution is -0.151. The summed E-state index contributed by atoms with van der Waals surface area (Å²) in [7, 11) is 2.64. The minimum atomic E-state index is -0.873. The van der Waals surface area contributed by atoms with Crippen LogP contribution in [0.15, 0.2) is 18.2 Å². The van der Waals surface area contributed by atoms with Crippen molar-refractivity contribution in [1.29, 1.82) is 0 Å². The molecule has 0 aliphatic heterocycles. The van der Waals surface area contributed by atoms with Crippen LogP contribution in [0.25, 0.3) is 0 Å². The van der Waals surface area contributed by atoms with Gasteiger partial charge in [-0.25, -0.2) is 4.79 Å². The second-order valence-electron chi connectivity index (χ2n) is 3.05. The Hall–Kier alpha value is -1.55. The van der Waals surface area contributed by atoms with Crippen LogP contribution in [0.3, 0.4) is 0 Å². The number of halogens is 1. The smallest absolute Gasteiger partial charge is 0.374 e. The predicted octanol–water partition coefficient (Wildman–Crippen LogP) is 1.63. The van der Waals surface area contributed by atoms with Gasteiger partial charge >= 0.3 is 5.97 Å². The second kappa shape index (κ2) is 5.51. The first-order valence-electron chi connectivity index (χ1n) is 4.52. The van der Waals surface area contributed by atoms with E-state index in [9.17, 15) is 9.59 Å². The molecule has 0 aliphatic rings. The van der Waals surface area contributed by atoms with E-state index in [1.165, 1.54) is 7.11 Å². The van der Waals surface area contributed by atoms with E-state index >= 15 is 0 Å². The lowest BCUT2D eigenvalue weighted by Gasteiger charge is -2.07. The Labute approximate surface area is 98.1 Å². The first-order chi connectivity index (χ1) is 7.58. The monoisotopic (exact) mass is 242 g/mol. The second-order valence-corrected chi connectivity index (χ2v) is 3.48. The van der Waals surface area contributed by atoms with Crippen LogP contribution in [0, 0.1) is 0 Å². The van der Waals surface area contributed by atoms with Crippen molar-refractivity contribution in [3.8, 4) is 5.75 Å². The van der Waals surface area contributed by atoms with Crippen LogP contribution in [0.5, 0.6) is 5.75 Å². The number of ether oxygens (including phenoxy) is 2. The summed E-state index contributed by atoms with van der Waals surface area (Å²) in [6.45, 7) is 0. The molecule has 0 aliphatic carbocycles. The van der Waals surface area contributed by atoms with Gasteiger partial charge in [-0.2, -0.15) is 0 Å². The number of carbonyl (C=O) groups excluding carboxylic acids is 2. The third-order valence-electron chi connectivity index (χ3n) is 2.01. The highest BCUT2D eigenvalue weighted by atomic mass is 35.5. The molecule has 0 saturated carbocycles. The molecule has 0 heterocycles. The van der Waals surface area contributed by atoms with E-state index in [4.69, 9.17) is 16.3 Å². The third kappa shape index (κ3) is 2.97. The summed E-state index contributed by atoms with van der Waals surface area (Å²) < 4.78 is 9.38.